The Hall–Kier alpha value is -2.56. The van der Waals surface area contributed by atoms with Crippen LogP contribution in [0.15, 0.2) is 34.3 Å². The Balaban J connectivity index is 1.72. The number of fused-ring (bicyclic) bond motifs is 1. The number of likely N-dealkylation sites (N-methyl/N-ethyl adjacent to an activating group) is 1. The van der Waals surface area contributed by atoms with Crippen molar-refractivity contribution in [1.82, 2.24) is 14.5 Å². The van der Waals surface area contributed by atoms with Crippen LogP contribution in [0.1, 0.15) is 39.2 Å². The van der Waals surface area contributed by atoms with Crippen LogP contribution in [0.3, 0.4) is 0 Å². The van der Waals surface area contributed by atoms with Gasteiger partial charge in [0, 0.05) is 37.4 Å². The molecular formula is C24H34N5O4S+. The highest BCUT2D eigenvalue weighted by molar-refractivity contribution is 7.89. The average Bonchev–Trinajstić information content (AvgIpc) is 3.15. The van der Waals surface area contributed by atoms with Gasteiger partial charge < -0.3 is 15.0 Å². The lowest BCUT2D eigenvalue weighted by molar-refractivity contribution is -0.498. The van der Waals surface area contributed by atoms with E-state index in [1.165, 1.54) is 4.31 Å². The monoisotopic (exact) mass is 488 g/mol. The molecule has 0 spiro atoms. The minimum absolute atomic E-state index is 0.201. The van der Waals surface area contributed by atoms with E-state index in [0.717, 1.165) is 25.1 Å². The summed E-state index contributed by atoms with van der Waals surface area (Å²) >= 11 is 0. The fraction of sp³-hybridized carbons (Fsp3) is 0.542. The summed E-state index contributed by atoms with van der Waals surface area (Å²) in [6, 6.07) is 4.90. The van der Waals surface area contributed by atoms with Gasteiger partial charge in [-0.1, -0.05) is 25.0 Å². The molecule has 0 bridgehead atoms. The van der Waals surface area contributed by atoms with Crippen molar-refractivity contribution in [2.45, 2.75) is 38.5 Å². The molecule has 3 aliphatic rings. The summed E-state index contributed by atoms with van der Waals surface area (Å²) in [6.07, 6.45) is 3.67. The van der Waals surface area contributed by atoms with Gasteiger partial charge in [0.1, 0.15) is 17.4 Å². The second-order valence-corrected chi connectivity index (χ2v) is 10.6. The summed E-state index contributed by atoms with van der Waals surface area (Å²) in [5.74, 6) is 0.0735. The molecule has 1 N–H and O–H groups in total. The molecule has 9 nitrogen and oxygen atoms in total. The van der Waals surface area contributed by atoms with E-state index >= 15 is 0 Å². The van der Waals surface area contributed by atoms with Gasteiger partial charge in [0.2, 0.25) is 10.0 Å². The number of sulfonamides is 1. The van der Waals surface area contributed by atoms with Crippen molar-refractivity contribution in [3.05, 3.63) is 29.8 Å². The van der Waals surface area contributed by atoms with Gasteiger partial charge >= 0.3 is 5.91 Å². The number of benzene rings is 1. The number of carbonyl (C=O) groups excluding carboxylic acids is 1. The normalized spacial score (nSPS) is 21.8. The Morgan fingerprint density at radius 1 is 1.18 bits per heavy atom. The number of carbonyl (C=O) groups is 1. The number of hydrazone groups is 1. The molecular weight excluding hydrogens is 454 g/mol. The summed E-state index contributed by atoms with van der Waals surface area (Å²) in [6.45, 7) is 9.72. The first-order chi connectivity index (χ1) is 16.3. The Labute approximate surface area is 201 Å². The predicted molar refractivity (Wildman–Crippen MR) is 132 cm³/mol. The van der Waals surface area contributed by atoms with Gasteiger partial charge in [-0.15, -0.1) is 0 Å². The lowest BCUT2D eigenvalue weighted by Gasteiger charge is -2.33. The zero-order valence-corrected chi connectivity index (χ0v) is 21.2. The van der Waals surface area contributed by atoms with E-state index in [-0.39, 0.29) is 16.7 Å². The topological polar surface area (TPSA) is 94.3 Å². The molecule has 0 radical (unpaired) electrons. The first kappa shape index (κ1) is 24.6. The number of ether oxygens (including phenoxy) is 1. The van der Waals surface area contributed by atoms with Crippen LogP contribution in [-0.2, 0) is 14.8 Å². The lowest BCUT2D eigenvalue weighted by atomic mass is 9.89. The van der Waals surface area contributed by atoms with Crippen LogP contribution in [0.4, 0.5) is 0 Å². The third-order valence-electron chi connectivity index (χ3n) is 6.56. The van der Waals surface area contributed by atoms with Crippen molar-refractivity contribution in [2.24, 2.45) is 11.0 Å². The minimum atomic E-state index is -3.67. The number of allylic oxidation sites excluding steroid dienone is 1. The fourth-order valence-corrected chi connectivity index (χ4v) is 6.19. The Morgan fingerprint density at radius 2 is 1.91 bits per heavy atom. The number of hydrogen-bond donors (Lipinski definition) is 1. The summed E-state index contributed by atoms with van der Waals surface area (Å²) in [7, 11) is -1.89. The van der Waals surface area contributed by atoms with Crippen LogP contribution < -0.4 is 10.1 Å². The fourth-order valence-electron chi connectivity index (χ4n) is 4.74. The molecule has 0 saturated carbocycles. The van der Waals surface area contributed by atoms with Crippen molar-refractivity contribution >= 4 is 33.1 Å². The van der Waals surface area contributed by atoms with Crippen molar-refractivity contribution in [3.63, 3.8) is 0 Å². The Bertz CT molecular complexity index is 1160. The van der Waals surface area contributed by atoms with Gasteiger partial charge in [-0.2, -0.15) is 4.31 Å². The maximum Gasteiger partial charge on any atom is 0.319 e. The molecule has 1 aromatic carbocycles. The van der Waals surface area contributed by atoms with Gasteiger partial charge in [0.15, 0.2) is 7.05 Å². The van der Waals surface area contributed by atoms with E-state index in [0.29, 0.717) is 55.5 Å². The molecule has 184 valence electrons. The van der Waals surface area contributed by atoms with Gasteiger partial charge in [-0.05, 0) is 49.3 Å². The summed E-state index contributed by atoms with van der Waals surface area (Å²) in [5, 5.41) is 7.50. The number of rotatable bonds is 8. The maximum atomic E-state index is 13.4. The quantitative estimate of drug-likeness (QED) is 0.563. The molecule has 1 atom stereocenters. The predicted octanol–water partition coefficient (Wildman–Crippen LogP) is 1.75. The van der Waals surface area contributed by atoms with Crippen LogP contribution in [0.5, 0.6) is 5.75 Å². The number of hydrogen-bond acceptors (Lipinski definition) is 6. The highest BCUT2D eigenvalue weighted by Gasteiger charge is 2.43. The zero-order valence-electron chi connectivity index (χ0n) is 20.4. The third kappa shape index (κ3) is 4.54. The number of nitrogens with one attached hydrogen (secondary N) is 1. The van der Waals surface area contributed by atoms with Crippen LogP contribution in [-0.4, -0.2) is 86.0 Å². The van der Waals surface area contributed by atoms with Crippen molar-refractivity contribution in [2.75, 3.05) is 46.4 Å². The minimum Gasteiger partial charge on any atom is -0.493 e. The van der Waals surface area contributed by atoms with Crippen LogP contribution in [0.2, 0.25) is 0 Å². The SMILES string of the molecule is CCCC1=N[N+](C)=C2C(=O)NC(c3cc(S(=O)(=O)N4CCN(CC)CC4)ccc3OCC)=CC12. The van der Waals surface area contributed by atoms with E-state index in [2.05, 4.69) is 29.2 Å². The Kier molecular flexibility index (Phi) is 7.20. The van der Waals surface area contributed by atoms with Crippen molar-refractivity contribution in [1.29, 1.82) is 0 Å². The van der Waals surface area contributed by atoms with Crippen LogP contribution in [0.25, 0.3) is 5.70 Å². The van der Waals surface area contributed by atoms with Crippen LogP contribution >= 0.6 is 0 Å². The molecule has 4 rings (SSSR count). The standard InChI is InChI=1S/C24H33N5O4S/c1-5-8-20-19-16-21(25-24(30)23(19)27(4)26-20)18-15-17(9-10-22(18)33-7-3)34(31,32)29-13-11-28(6-2)12-14-29/h9-10,15-16,19H,5-8,11-14H2,1-4H3/p+1. The molecule has 10 heteroatoms. The molecule has 1 saturated heterocycles. The molecule has 1 unspecified atom stereocenters. The van der Waals surface area contributed by atoms with Gasteiger partial charge in [0.25, 0.3) is 5.71 Å². The molecule has 3 aliphatic heterocycles. The van der Waals surface area contributed by atoms with E-state index in [4.69, 9.17) is 4.74 Å². The first-order valence-corrected chi connectivity index (χ1v) is 13.4. The van der Waals surface area contributed by atoms with E-state index in [1.54, 1.807) is 29.9 Å². The average molecular weight is 489 g/mol. The Morgan fingerprint density at radius 3 is 2.56 bits per heavy atom. The van der Waals surface area contributed by atoms with Gasteiger partial charge in [0.05, 0.1) is 11.5 Å². The molecule has 1 aromatic rings. The van der Waals surface area contributed by atoms with Crippen LogP contribution in [0, 0.1) is 5.92 Å². The molecule has 3 heterocycles. The molecule has 1 amide bonds. The smallest absolute Gasteiger partial charge is 0.319 e. The summed E-state index contributed by atoms with van der Waals surface area (Å²) in [4.78, 5) is 15.4. The highest BCUT2D eigenvalue weighted by atomic mass is 32.2. The summed E-state index contributed by atoms with van der Waals surface area (Å²) in [5.41, 5.74) is 2.63. The number of amides is 1. The van der Waals surface area contributed by atoms with E-state index in [1.807, 2.05) is 13.0 Å². The third-order valence-corrected chi connectivity index (χ3v) is 8.45. The largest absolute Gasteiger partial charge is 0.493 e. The first-order valence-electron chi connectivity index (χ1n) is 12.0. The maximum absolute atomic E-state index is 13.4. The van der Waals surface area contributed by atoms with Crippen molar-refractivity contribution < 1.29 is 22.6 Å². The molecule has 34 heavy (non-hydrogen) atoms. The van der Waals surface area contributed by atoms with Crippen molar-refractivity contribution in [3.8, 4) is 5.75 Å². The second-order valence-electron chi connectivity index (χ2n) is 8.69. The lowest BCUT2D eigenvalue weighted by Crippen LogP contribution is -2.48. The van der Waals surface area contributed by atoms with E-state index < -0.39 is 10.0 Å². The molecule has 0 aromatic heterocycles. The molecule has 1 fully saturated rings. The van der Waals surface area contributed by atoms with Gasteiger partial charge in [-0.25, -0.2) is 8.42 Å². The number of piperazine rings is 1. The van der Waals surface area contributed by atoms with Gasteiger partial charge in [-0.3, -0.25) is 4.79 Å². The zero-order chi connectivity index (χ0) is 24.5. The van der Waals surface area contributed by atoms with E-state index in [9.17, 15) is 13.2 Å². The molecule has 0 aliphatic carbocycles. The second kappa shape index (κ2) is 9.97. The highest BCUT2D eigenvalue weighted by Crippen LogP contribution is 2.33. The summed E-state index contributed by atoms with van der Waals surface area (Å²) < 4.78 is 35.9. The number of nitrogens with zero attached hydrogens (tertiary/aromatic N) is 4.